The third-order valence-corrected chi connectivity index (χ3v) is 4.82. The topological polar surface area (TPSA) is 90.3 Å². The number of esters is 1. The minimum Gasteiger partial charge on any atom is -0.462 e. The van der Waals surface area contributed by atoms with Gasteiger partial charge >= 0.3 is 5.97 Å². The molecule has 1 amide bonds. The van der Waals surface area contributed by atoms with Crippen molar-refractivity contribution in [2.24, 2.45) is 0 Å². The van der Waals surface area contributed by atoms with Crippen LogP contribution in [0.15, 0.2) is 65.5 Å². The minimum absolute atomic E-state index is 0.291. The van der Waals surface area contributed by atoms with Crippen molar-refractivity contribution in [3.8, 4) is 11.3 Å². The van der Waals surface area contributed by atoms with Gasteiger partial charge in [-0.05, 0) is 50.6 Å². The van der Waals surface area contributed by atoms with E-state index in [1.165, 1.54) is 10.7 Å². The third-order valence-electron chi connectivity index (χ3n) is 4.82. The average molecular weight is 419 g/mol. The zero-order valence-electron chi connectivity index (χ0n) is 17.8. The fourth-order valence-corrected chi connectivity index (χ4v) is 3.13. The molecule has 3 rings (SSSR count). The van der Waals surface area contributed by atoms with Gasteiger partial charge in [-0.15, -0.1) is 0 Å². The van der Waals surface area contributed by atoms with Gasteiger partial charge in [-0.1, -0.05) is 36.8 Å². The molecule has 0 bridgehead atoms. The van der Waals surface area contributed by atoms with E-state index < -0.39 is 12.0 Å². The first-order valence-corrected chi connectivity index (χ1v) is 10.2. The highest BCUT2D eigenvalue weighted by atomic mass is 16.5. The van der Waals surface area contributed by atoms with E-state index in [1.54, 1.807) is 37.3 Å². The first-order chi connectivity index (χ1) is 14.9. The molecule has 1 N–H and O–H groups in total. The fourth-order valence-electron chi connectivity index (χ4n) is 3.13. The molecule has 0 aliphatic rings. The van der Waals surface area contributed by atoms with Gasteiger partial charge in [0.2, 0.25) is 5.91 Å². The summed E-state index contributed by atoms with van der Waals surface area (Å²) in [6.07, 6.45) is 0.386. The average Bonchev–Trinajstić information content (AvgIpc) is 2.77. The molecule has 160 valence electrons. The van der Waals surface area contributed by atoms with Crippen LogP contribution in [0.3, 0.4) is 0 Å². The van der Waals surface area contributed by atoms with Crippen LogP contribution in [0, 0.1) is 6.92 Å². The largest absolute Gasteiger partial charge is 0.462 e. The van der Waals surface area contributed by atoms with Crippen LogP contribution in [0.1, 0.15) is 42.2 Å². The zero-order valence-corrected chi connectivity index (χ0v) is 17.8. The number of amides is 1. The first kappa shape index (κ1) is 22.0. The van der Waals surface area contributed by atoms with E-state index in [9.17, 15) is 14.4 Å². The van der Waals surface area contributed by atoms with Gasteiger partial charge in [-0.25, -0.2) is 9.48 Å². The number of carbonyl (C=O) groups is 2. The normalized spacial score (nSPS) is 11.6. The summed E-state index contributed by atoms with van der Waals surface area (Å²) in [6.45, 7) is 5.84. The number of ether oxygens (including phenoxy) is 1. The maximum Gasteiger partial charge on any atom is 0.338 e. The summed E-state index contributed by atoms with van der Waals surface area (Å²) in [5.74, 6) is -0.780. The number of nitrogens with one attached hydrogen (secondary N) is 1. The van der Waals surface area contributed by atoms with Crippen molar-refractivity contribution in [1.29, 1.82) is 0 Å². The van der Waals surface area contributed by atoms with E-state index in [4.69, 9.17) is 4.74 Å². The smallest absolute Gasteiger partial charge is 0.338 e. The van der Waals surface area contributed by atoms with Crippen LogP contribution < -0.4 is 10.9 Å². The number of nitrogens with zero attached hydrogens (tertiary/aromatic N) is 2. The molecule has 0 aliphatic heterocycles. The minimum atomic E-state index is -0.775. The molecule has 1 heterocycles. The number of carbonyl (C=O) groups excluding carboxylic acids is 2. The zero-order chi connectivity index (χ0) is 22.4. The number of aromatic nitrogens is 2. The Hall–Kier alpha value is -3.74. The number of hydrogen-bond acceptors (Lipinski definition) is 5. The van der Waals surface area contributed by atoms with Crippen molar-refractivity contribution < 1.29 is 14.3 Å². The van der Waals surface area contributed by atoms with Gasteiger partial charge in [0.1, 0.15) is 6.04 Å². The Kier molecular flexibility index (Phi) is 6.97. The predicted octanol–water partition coefficient (Wildman–Crippen LogP) is 3.99. The van der Waals surface area contributed by atoms with Crippen molar-refractivity contribution in [2.75, 3.05) is 11.9 Å². The molecule has 1 atom stereocenters. The molecule has 0 saturated carbocycles. The second-order valence-electron chi connectivity index (χ2n) is 7.08. The molecule has 0 unspecified atom stereocenters. The van der Waals surface area contributed by atoms with Crippen LogP contribution in [-0.2, 0) is 9.53 Å². The fraction of sp³-hybridized carbons (Fsp3) is 0.250. The molecule has 7 nitrogen and oxygen atoms in total. The van der Waals surface area contributed by atoms with Crippen molar-refractivity contribution in [1.82, 2.24) is 9.78 Å². The van der Waals surface area contributed by atoms with Gasteiger partial charge in [-0.3, -0.25) is 9.59 Å². The first-order valence-electron chi connectivity index (χ1n) is 10.2. The van der Waals surface area contributed by atoms with E-state index in [0.717, 1.165) is 11.1 Å². The van der Waals surface area contributed by atoms with E-state index >= 15 is 0 Å². The molecule has 0 saturated heterocycles. The van der Waals surface area contributed by atoms with Crippen LogP contribution in [-0.4, -0.2) is 28.3 Å². The molecule has 7 heteroatoms. The summed E-state index contributed by atoms with van der Waals surface area (Å²) in [5.41, 5.74) is 3.16. The maximum atomic E-state index is 12.9. The van der Waals surface area contributed by atoms with Crippen molar-refractivity contribution in [3.63, 3.8) is 0 Å². The maximum absolute atomic E-state index is 12.9. The lowest BCUT2D eigenvalue weighted by Crippen LogP contribution is -2.34. The Morgan fingerprint density at radius 1 is 1.00 bits per heavy atom. The SMILES string of the molecule is CCOC(=O)c1ccc(NC(=O)[C@@H](CC)n2nc(-c3ccc(C)cc3)ccc2=O)cc1. The molecule has 3 aromatic rings. The Balaban J connectivity index is 1.82. The summed E-state index contributed by atoms with van der Waals surface area (Å²) in [7, 11) is 0. The lowest BCUT2D eigenvalue weighted by Gasteiger charge is -2.17. The van der Waals surface area contributed by atoms with Gasteiger partial charge in [-0.2, -0.15) is 5.10 Å². The van der Waals surface area contributed by atoms with Crippen LogP contribution in [0.2, 0.25) is 0 Å². The lowest BCUT2D eigenvalue weighted by atomic mass is 10.1. The number of benzene rings is 2. The monoisotopic (exact) mass is 419 g/mol. The van der Waals surface area contributed by atoms with Gasteiger partial charge < -0.3 is 10.1 Å². The van der Waals surface area contributed by atoms with Gasteiger partial charge in [0, 0.05) is 17.3 Å². The van der Waals surface area contributed by atoms with Crippen molar-refractivity contribution in [2.45, 2.75) is 33.2 Å². The number of aryl methyl sites for hydroxylation is 1. The Bertz CT molecular complexity index is 1120. The molecule has 0 radical (unpaired) electrons. The molecule has 1 aromatic heterocycles. The summed E-state index contributed by atoms with van der Waals surface area (Å²) in [6, 6.07) is 16.5. The van der Waals surface area contributed by atoms with E-state index in [0.29, 0.717) is 30.0 Å². The third kappa shape index (κ3) is 5.25. The standard InChI is InChI=1S/C24H25N3O4/c1-4-21(23(29)25-19-12-10-18(11-13-19)24(30)31-5-2)27-22(28)15-14-20(26-27)17-8-6-16(3)7-9-17/h6-15,21H,4-5H2,1-3H3,(H,25,29)/t21-/m1/s1. The van der Waals surface area contributed by atoms with Crippen molar-refractivity contribution in [3.05, 3.63) is 82.1 Å². The van der Waals surface area contributed by atoms with Gasteiger partial charge in [0.15, 0.2) is 0 Å². The number of hydrogen-bond donors (Lipinski definition) is 1. The highest BCUT2D eigenvalue weighted by molar-refractivity contribution is 5.95. The second-order valence-corrected chi connectivity index (χ2v) is 7.08. The summed E-state index contributed by atoms with van der Waals surface area (Å²) in [5, 5.41) is 7.24. The molecule has 31 heavy (non-hydrogen) atoms. The van der Waals surface area contributed by atoms with Crippen LogP contribution >= 0.6 is 0 Å². The van der Waals surface area contributed by atoms with Gasteiger partial charge in [0.25, 0.3) is 5.56 Å². The van der Waals surface area contributed by atoms with Crippen LogP contribution in [0.25, 0.3) is 11.3 Å². The quantitative estimate of drug-likeness (QED) is 0.585. The molecular formula is C24H25N3O4. The molecular weight excluding hydrogens is 394 g/mol. The highest BCUT2D eigenvalue weighted by Gasteiger charge is 2.21. The lowest BCUT2D eigenvalue weighted by molar-refractivity contribution is -0.119. The molecule has 0 aliphatic carbocycles. The Labute approximate surface area is 180 Å². The van der Waals surface area contributed by atoms with Crippen LogP contribution in [0.5, 0.6) is 0 Å². The predicted molar refractivity (Wildman–Crippen MR) is 119 cm³/mol. The highest BCUT2D eigenvalue weighted by Crippen LogP contribution is 2.19. The van der Waals surface area contributed by atoms with Crippen molar-refractivity contribution >= 4 is 17.6 Å². The van der Waals surface area contributed by atoms with E-state index in [2.05, 4.69) is 10.4 Å². The summed E-state index contributed by atoms with van der Waals surface area (Å²) in [4.78, 5) is 37.1. The second kappa shape index (κ2) is 9.84. The molecule has 2 aromatic carbocycles. The van der Waals surface area contributed by atoms with Gasteiger partial charge in [0.05, 0.1) is 17.9 Å². The summed E-state index contributed by atoms with van der Waals surface area (Å²) < 4.78 is 6.18. The number of anilines is 1. The number of rotatable bonds is 7. The Morgan fingerprint density at radius 3 is 2.29 bits per heavy atom. The van der Waals surface area contributed by atoms with Crippen LogP contribution in [0.4, 0.5) is 5.69 Å². The Morgan fingerprint density at radius 2 is 1.68 bits per heavy atom. The van der Waals surface area contributed by atoms with E-state index in [-0.39, 0.29) is 11.5 Å². The van der Waals surface area contributed by atoms with E-state index in [1.807, 2.05) is 38.1 Å². The molecule has 0 fully saturated rings. The summed E-state index contributed by atoms with van der Waals surface area (Å²) >= 11 is 0. The molecule has 0 spiro atoms.